The van der Waals surface area contributed by atoms with Crippen molar-refractivity contribution in [3.8, 4) is 0 Å². The molecule has 0 saturated carbocycles. The third-order valence-electron chi connectivity index (χ3n) is 2.90. The summed E-state index contributed by atoms with van der Waals surface area (Å²) in [6.07, 6.45) is 4.36. The standard InChI is InChI=1S/C8H17O3P.C4H11NO3/c1-3-5-6-8(4-2)7-11-12(9)10;5-4(1-6,2-7)3-8/h8H,3-7H2,1-2H3;6-8H,1-3,5H2/q-2;. The highest BCUT2D eigenvalue weighted by Crippen LogP contribution is 2.19. The first-order valence-electron chi connectivity index (χ1n) is 6.77. The van der Waals surface area contributed by atoms with E-state index in [0.717, 1.165) is 25.7 Å². The molecule has 0 spiro atoms. The van der Waals surface area contributed by atoms with Gasteiger partial charge in [-0.2, -0.15) is 8.60 Å². The molecule has 8 heteroatoms. The maximum atomic E-state index is 10.1. The van der Waals surface area contributed by atoms with E-state index in [4.69, 9.17) is 21.1 Å². The van der Waals surface area contributed by atoms with Gasteiger partial charge in [0.2, 0.25) is 0 Å². The van der Waals surface area contributed by atoms with Crippen molar-refractivity contribution in [2.75, 3.05) is 26.4 Å². The van der Waals surface area contributed by atoms with E-state index in [9.17, 15) is 9.79 Å². The van der Waals surface area contributed by atoms with Gasteiger partial charge in [0.15, 0.2) is 0 Å². The van der Waals surface area contributed by atoms with Gasteiger partial charge >= 0.3 is 0 Å². The Morgan fingerprint density at radius 2 is 1.65 bits per heavy atom. The normalized spacial score (nSPS) is 13.1. The van der Waals surface area contributed by atoms with E-state index in [1.165, 1.54) is 0 Å². The zero-order valence-corrected chi connectivity index (χ0v) is 13.2. The van der Waals surface area contributed by atoms with Crippen LogP contribution in [0.4, 0.5) is 0 Å². The summed E-state index contributed by atoms with van der Waals surface area (Å²) in [5.74, 6) is 0.401. The number of aliphatic hydroxyl groups excluding tert-OH is 3. The van der Waals surface area contributed by atoms with Gasteiger partial charge in [-0.05, 0) is 12.3 Å². The molecule has 0 aromatic carbocycles. The highest BCUT2D eigenvalue weighted by molar-refractivity contribution is 7.36. The van der Waals surface area contributed by atoms with Crippen molar-refractivity contribution >= 4 is 8.60 Å². The Morgan fingerprint density at radius 1 is 1.15 bits per heavy atom. The zero-order chi connectivity index (χ0) is 16.0. The lowest BCUT2D eigenvalue weighted by Gasteiger charge is -2.31. The van der Waals surface area contributed by atoms with Crippen molar-refractivity contribution in [3.63, 3.8) is 0 Å². The molecule has 0 aliphatic heterocycles. The highest BCUT2D eigenvalue weighted by atomic mass is 31.2. The van der Waals surface area contributed by atoms with Crippen LogP contribution in [0.15, 0.2) is 0 Å². The molecule has 0 aromatic heterocycles. The molecule has 5 N–H and O–H groups in total. The second-order valence-electron chi connectivity index (χ2n) is 4.77. The summed E-state index contributed by atoms with van der Waals surface area (Å²) < 4.78 is 4.55. The quantitative estimate of drug-likeness (QED) is 0.372. The van der Waals surface area contributed by atoms with E-state index in [1.807, 2.05) is 0 Å². The molecular formula is C12H28NO6P-2. The number of aliphatic hydroxyl groups is 3. The summed E-state index contributed by atoms with van der Waals surface area (Å²) in [6.45, 7) is 3.33. The largest absolute Gasteiger partial charge is 0.820 e. The zero-order valence-electron chi connectivity index (χ0n) is 12.3. The SMILES string of the molecule is CCCCC(CC)COP([O-])[O-].NC(CO)(CO)CO. The summed E-state index contributed by atoms with van der Waals surface area (Å²) in [4.78, 5) is 20.2. The molecule has 0 amide bonds. The van der Waals surface area contributed by atoms with Crippen molar-refractivity contribution in [1.29, 1.82) is 0 Å². The summed E-state index contributed by atoms with van der Waals surface area (Å²) >= 11 is 0. The topological polar surface area (TPSA) is 142 Å². The molecule has 1 unspecified atom stereocenters. The first kappa shape index (κ1) is 22.4. The van der Waals surface area contributed by atoms with Crippen LogP contribution in [0.5, 0.6) is 0 Å². The third-order valence-corrected chi connectivity index (χ3v) is 3.26. The van der Waals surface area contributed by atoms with Gasteiger partial charge in [0.05, 0.1) is 32.0 Å². The number of unbranched alkanes of at least 4 members (excludes halogenated alkanes) is 1. The number of hydrogen-bond donors (Lipinski definition) is 4. The van der Waals surface area contributed by atoms with Crippen molar-refractivity contribution in [1.82, 2.24) is 0 Å². The van der Waals surface area contributed by atoms with Gasteiger partial charge in [-0.25, -0.2) is 0 Å². The average Bonchev–Trinajstić information content (AvgIpc) is 2.47. The molecule has 0 rings (SSSR count). The fraction of sp³-hybridized carbons (Fsp3) is 1.00. The molecular weight excluding hydrogens is 285 g/mol. The molecule has 7 nitrogen and oxygen atoms in total. The smallest absolute Gasteiger partial charge is 0.0856 e. The molecule has 0 bridgehead atoms. The van der Waals surface area contributed by atoms with Gasteiger partial charge in [-0.15, -0.1) is 0 Å². The minimum Gasteiger partial charge on any atom is -0.820 e. The van der Waals surface area contributed by atoms with Crippen molar-refractivity contribution in [3.05, 3.63) is 0 Å². The minimum absolute atomic E-state index is 0.356. The van der Waals surface area contributed by atoms with Crippen molar-refractivity contribution in [2.45, 2.75) is 45.1 Å². The van der Waals surface area contributed by atoms with Gasteiger partial charge in [-0.3, -0.25) is 0 Å². The van der Waals surface area contributed by atoms with Crippen molar-refractivity contribution in [2.24, 2.45) is 11.7 Å². The number of nitrogens with two attached hydrogens (primary N) is 1. The lowest BCUT2D eigenvalue weighted by Crippen LogP contribution is -2.50. The van der Waals surface area contributed by atoms with Gasteiger partial charge in [0, 0.05) is 0 Å². The monoisotopic (exact) mass is 313 g/mol. The van der Waals surface area contributed by atoms with Gasteiger partial charge in [0.1, 0.15) is 0 Å². The number of rotatable bonds is 10. The fourth-order valence-corrected chi connectivity index (χ4v) is 1.55. The summed E-state index contributed by atoms with van der Waals surface area (Å²) in [5.41, 5.74) is 3.94. The molecule has 0 saturated heterocycles. The Balaban J connectivity index is 0. The molecule has 1 atom stereocenters. The molecule has 0 fully saturated rings. The van der Waals surface area contributed by atoms with Gasteiger partial charge < -0.3 is 35.4 Å². The fourth-order valence-electron chi connectivity index (χ4n) is 1.21. The Labute approximate surface area is 122 Å². The first-order valence-corrected chi connectivity index (χ1v) is 7.87. The van der Waals surface area contributed by atoms with Crippen LogP contribution in [-0.2, 0) is 4.52 Å². The first-order chi connectivity index (χ1) is 9.38. The van der Waals surface area contributed by atoms with Crippen LogP contribution in [0.25, 0.3) is 0 Å². The maximum Gasteiger partial charge on any atom is 0.0856 e. The molecule has 0 aliphatic rings. The predicted octanol–water partition coefficient (Wildman–Crippen LogP) is -1.17. The van der Waals surface area contributed by atoms with Crippen LogP contribution in [0.3, 0.4) is 0 Å². The van der Waals surface area contributed by atoms with Gasteiger partial charge in [-0.1, -0.05) is 33.1 Å². The minimum atomic E-state index is -2.65. The van der Waals surface area contributed by atoms with Crippen LogP contribution in [0.2, 0.25) is 0 Å². The van der Waals surface area contributed by atoms with E-state index < -0.39 is 34.0 Å². The lowest BCUT2D eigenvalue weighted by molar-refractivity contribution is -0.319. The number of hydrogen-bond acceptors (Lipinski definition) is 7. The Hall–Kier alpha value is 0.150. The Kier molecular flexibility index (Phi) is 15.8. The highest BCUT2D eigenvalue weighted by Gasteiger charge is 2.20. The molecule has 0 radical (unpaired) electrons. The van der Waals surface area contributed by atoms with E-state index >= 15 is 0 Å². The second-order valence-corrected chi connectivity index (χ2v) is 5.48. The summed E-state index contributed by atoms with van der Waals surface area (Å²) in [7, 11) is -2.65. The van der Waals surface area contributed by atoms with Crippen molar-refractivity contribution < 1.29 is 29.6 Å². The molecule has 0 aromatic rings. The summed E-state index contributed by atoms with van der Waals surface area (Å²) in [6, 6.07) is 0. The van der Waals surface area contributed by atoms with E-state index in [1.54, 1.807) is 0 Å². The molecule has 0 heterocycles. The van der Waals surface area contributed by atoms with Gasteiger partial charge in [0.25, 0.3) is 0 Å². The second kappa shape index (κ2) is 14.1. The van der Waals surface area contributed by atoms with Crippen LogP contribution in [-0.4, -0.2) is 47.3 Å². The average molecular weight is 313 g/mol. The molecule has 124 valence electrons. The third kappa shape index (κ3) is 13.1. The Bertz CT molecular complexity index is 196. The molecule has 0 aliphatic carbocycles. The maximum absolute atomic E-state index is 10.1. The Morgan fingerprint density at radius 3 is 1.90 bits per heavy atom. The molecule has 20 heavy (non-hydrogen) atoms. The van der Waals surface area contributed by atoms with Crippen LogP contribution < -0.4 is 15.5 Å². The summed E-state index contributed by atoms with van der Waals surface area (Å²) in [5, 5.41) is 25.0. The lowest BCUT2D eigenvalue weighted by atomic mass is 10.0. The van der Waals surface area contributed by atoms with E-state index in [-0.39, 0.29) is 0 Å². The van der Waals surface area contributed by atoms with E-state index in [0.29, 0.717) is 12.5 Å². The van der Waals surface area contributed by atoms with E-state index in [2.05, 4.69) is 18.4 Å². The predicted molar refractivity (Wildman–Crippen MR) is 74.4 cm³/mol. The van der Waals surface area contributed by atoms with Crippen LogP contribution >= 0.6 is 8.60 Å². The van der Waals surface area contributed by atoms with Crippen LogP contribution in [0.1, 0.15) is 39.5 Å². The van der Waals surface area contributed by atoms with Crippen LogP contribution in [0, 0.1) is 5.92 Å².